The molecule has 1 spiro atoms. The van der Waals surface area contributed by atoms with Crippen molar-refractivity contribution in [2.75, 3.05) is 40.4 Å². The van der Waals surface area contributed by atoms with Crippen molar-refractivity contribution in [2.45, 2.75) is 25.0 Å². The maximum absolute atomic E-state index is 12.1. The van der Waals surface area contributed by atoms with Gasteiger partial charge in [-0.05, 0) is 36.5 Å². The SMILES string of the molecule is CN(C)S(=O)(=O)N1CC2(C1)OCC[C@H]2CCOCc1ccncc1. The molecule has 0 amide bonds. The lowest BCUT2D eigenvalue weighted by Crippen LogP contribution is -2.67. The molecule has 0 saturated carbocycles. The number of rotatable bonds is 7. The van der Waals surface area contributed by atoms with Gasteiger partial charge in [0.2, 0.25) is 0 Å². The van der Waals surface area contributed by atoms with Crippen LogP contribution in [0.3, 0.4) is 0 Å². The molecule has 3 rings (SSSR count). The van der Waals surface area contributed by atoms with E-state index in [1.807, 2.05) is 12.1 Å². The Balaban J connectivity index is 1.47. The standard InChI is InChI=1S/C16H25N3O4S/c1-18(2)24(20,21)19-12-16(13-19)15(6-10-23-16)5-9-22-11-14-3-7-17-8-4-14/h3-4,7-8,15H,5-6,9-13H2,1-2H3/t15-/m1/s1. The lowest BCUT2D eigenvalue weighted by Gasteiger charge is -2.49. The van der Waals surface area contributed by atoms with E-state index in [1.165, 1.54) is 8.61 Å². The zero-order chi connectivity index (χ0) is 17.2. The zero-order valence-electron chi connectivity index (χ0n) is 14.2. The van der Waals surface area contributed by atoms with Gasteiger partial charge in [-0.1, -0.05) is 0 Å². The third-order valence-electron chi connectivity index (χ3n) is 4.90. The highest BCUT2D eigenvalue weighted by molar-refractivity contribution is 7.86. The summed E-state index contributed by atoms with van der Waals surface area (Å²) >= 11 is 0. The predicted octanol–water partition coefficient (Wildman–Crippen LogP) is 0.886. The minimum Gasteiger partial charge on any atom is -0.377 e. The van der Waals surface area contributed by atoms with Gasteiger partial charge < -0.3 is 9.47 Å². The summed E-state index contributed by atoms with van der Waals surface area (Å²) in [4.78, 5) is 3.98. The topological polar surface area (TPSA) is 72.0 Å². The van der Waals surface area contributed by atoms with Crippen molar-refractivity contribution in [3.63, 3.8) is 0 Å². The Labute approximate surface area is 143 Å². The van der Waals surface area contributed by atoms with E-state index in [0.29, 0.717) is 38.8 Å². The van der Waals surface area contributed by atoms with Crippen LogP contribution in [0.1, 0.15) is 18.4 Å². The van der Waals surface area contributed by atoms with Crippen molar-refractivity contribution >= 4 is 10.2 Å². The molecule has 24 heavy (non-hydrogen) atoms. The molecule has 2 fully saturated rings. The summed E-state index contributed by atoms with van der Waals surface area (Å²) in [5.74, 6) is 0.351. The summed E-state index contributed by atoms with van der Waals surface area (Å²) in [7, 11) is -0.227. The Kier molecular flexibility index (Phi) is 5.22. The molecule has 7 nitrogen and oxygen atoms in total. The molecule has 1 atom stereocenters. The number of nitrogens with zero attached hydrogens (tertiary/aromatic N) is 3. The summed E-state index contributed by atoms with van der Waals surface area (Å²) in [5.41, 5.74) is 0.789. The number of hydrogen-bond donors (Lipinski definition) is 0. The van der Waals surface area contributed by atoms with Crippen molar-refractivity contribution in [3.05, 3.63) is 30.1 Å². The van der Waals surface area contributed by atoms with Crippen LogP contribution in [-0.2, 0) is 26.3 Å². The van der Waals surface area contributed by atoms with Crippen molar-refractivity contribution in [3.8, 4) is 0 Å². The van der Waals surface area contributed by atoms with Gasteiger partial charge in [-0.3, -0.25) is 4.98 Å². The van der Waals surface area contributed by atoms with E-state index in [9.17, 15) is 8.42 Å². The van der Waals surface area contributed by atoms with Crippen molar-refractivity contribution in [1.29, 1.82) is 0 Å². The molecule has 134 valence electrons. The molecule has 1 aromatic rings. The fourth-order valence-corrected chi connectivity index (χ4v) is 4.61. The van der Waals surface area contributed by atoms with E-state index in [-0.39, 0.29) is 5.60 Å². The summed E-state index contributed by atoms with van der Waals surface area (Å²) in [6.07, 6.45) is 5.37. The second-order valence-corrected chi connectivity index (χ2v) is 8.80. The van der Waals surface area contributed by atoms with E-state index in [2.05, 4.69) is 4.98 Å². The number of pyridine rings is 1. The summed E-state index contributed by atoms with van der Waals surface area (Å²) < 4.78 is 38.7. The minimum atomic E-state index is -3.34. The first-order valence-electron chi connectivity index (χ1n) is 8.22. The van der Waals surface area contributed by atoms with Crippen LogP contribution in [0.5, 0.6) is 0 Å². The summed E-state index contributed by atoms with van der Waals surface area (Å²) in [5, 5.41) is 0. The maximum Gasteiger partial charge on any atom is 0.281 e. The molecule has 2 aliphatic rings. The van der Waals surface area contributed by atoms with Gasteiger partial charge in [-0.15, -0.1) is 0 Å². The fraction of sp³-hybridized carbons (Fsp3) is 0.688. The molecule has 2 aliphatic heterocycles. The molecule has 1 aromatic heterocycles. The maximum atomic E-state index is 12.1. The van der Waals surface area contributed by atoms with Crippen LogP contribution in [-0.4, -0.2) is 68.0 Å². The van der Waals surface area contributed by atoms with Crippen LogP contribution in [0.25, 0.3) is 0 Å². The van der Waals surface area contributed by atoms with Gasteiger partial charge in [-0.2, -0.15) is 17.0 Å². The zero-order valence-corrected chi connectivity index (χ0v) is 15.0. The Hall–Kier alpha value is -1.06. The van der Waals surface area contributed by atoms with Gasteiger partial charge in [0, 0.05) is 52.8 Å². The molecule has 3 heterocycles. The Morgan fingerprint density at radius 1 is 1.38 bits per heavy atom. The first-order valence-corrected chi connectivity index (χ1v) is 9.62. The lowest BCUT2D eigenvalue weighted by molar-refractivity contribution is -0.107. The molecule has 0 N–H and O–H groups in total. The quantitative estimate of drug-likeness (QED) is 0.679. The van der Waals surface area contributed by atoms with Gasteiger partial charge in [0.05, 0.1) is 12.2 Å². The molecule has 2 saturated heterocycles. The lowest BCUT2D eigenvalue weighted by atomic mass is 9.80. The van der Waals surface area contributed by atoms with E-state index >= 15 is 0 Å². The van der Waals surface area contributed by atoms with Gasteiger partial charge in [-0.25, -0.2) is 0 Å². The van der Waals surface area contributed by atoms with Crippen LogP contribution in [0.2, 0.25) is 0 Å². The molecule has 8 heteroatoms. The highest BCUT2D eigenvalue weighted by Gasteiger charge is 2.56. The normalized spacial score (nSPS) is 23.7. The predicted molar refractivity (Wildman–Crippen MR) is 89.5 cm³/mol. The second kappa shape index (κ2) is 7.05. The van der Waals surface area contributed by atoms with Crippen LogP contribution >= 0.6 is 0 Å². The average molecular weight is 355 g/mol. The fourth-order valence-electron chi connectivity index (χ4n) is 3.38. The highest BCUT2D eigenvalue weighted by Crippen LogP contribution is 2.42. The van der Waals surface area contributed by atoms with Crippen LogP contribution in [0.15, 0.2) is 24.5 Å². The van der Waals surface area contributed by atoms with Gasteiger partial charge in [0.1, 0.15) is 0 Å². The largest absolute Gasteiger partial charge is 0.377 e. The van der Waals surface area contributed by atoms with Crippen LogP contribution < -0.4 is 0 Å². The summed E-state index contributed by atoms with van der Waals surface area (Å²) in [6.45, 7) is 2.82. The molecule has 0 radical (unpaired) electrons. The average Bonchev–Trinajstić information content (AvgIpc) is 2.95. The minimum absolute atomic E-state index is 0.316. The third kappa shape index (κ3) is 3.48. The van der Waals surface area contributed by atoms with Gasteiger partial charge in [0.15, 0.2) is 0 Å². The smallest absolute Gasteiger partial charge is 0.281 e. The third-order valence-corrected chi connectivity index (χ3v) is 6.74. The Morgan fingerprint density at radius 2 is 2.08 bits per heavy atom. The van der Waals surface area contributed by atoms with Crippen molar-refractivity contribution < 1.29 is 17.9 Å². The van der Waals surface area contributed by atoms with E-state index in [1.54, 1.807) is 26.5 Å². The second-order valence-electron chi connectivity index (χ2n) is 6.65. The summed E-state index contributed by atoms with van der Waals surface area (Å²) in [6, 6.07) is 3.88. The molecule has 0 aromatic carbocycles. The Morgan fingerprint density at radius 3 is 2.75 bits per heavy atom. The number of ether oxygens (including phenoxy) is 2. The van der Waals surface area contributed by atoms with Crippen molar-refractivity contribution in [1.82, 2.24) is 13.6 Å². The number of aromatic nitrogens is 1. The molecular weight excluding hydrogens is 330 g/mol. The van der Waals surface area contributed by atoms with Crippen molar-refractivity contribution in [2.24, 2.45) is 5.92 Å². The number of hydrogen-bond acceptors (Lipinski definition) is 5. The van der Waals surface area contributed by atoms with E-state index in [0.717, 1.165) is 18.4 Å². The van der Waals surface area contributed by atoms with E-state index in [4.69, 9.17) is 9.47 Å². The van der Waals surface area contributed by atoms with Gasteiger partial charge >= 0.3 is 0 Å². The first kappa shape index (κ1) is 17.8. The van der Waals surface area contributed by atoms with Gasteiger partial charge in [0.25, 0.3) is 10.2 Å². The molecule has 0 unspecified atom stereocenters. The highest BCUT2D eigenvalue weighted by atomic mass is 32.2. The van der Waals surface area contributed by atoms with Crippen LogP contribution in [0.4, 0.5) is 0 Å². The Bertz CT molecular complexity index is 645. The molecular formula is C16H25N3O4S. The first-order chi connectivity index (χ1) is 11.4. The monoisotopic (exact) mass is 355 g/mol. The van der Waals surface area contributed by atoms with E-state index < -0.39 is 10.2 Å². The van der Waals surface area contributed by atoms with Crippen LogP contribution in [0, 0.1) is 5.92 Å². The molecule has 0 aliphatic carbocycles. The molecule has 0 bridgehead atoms.